The highest BCUT2D eigenvalue weighted by molar-refractivity contribution is 5.97. The largest absolute Gasteiger partial charge is 0.463 e. The number of benzene rings is 1. The molecule has 0 amide bonds. The monoisotopic (exact) mass is 243 g/mol. The number of hydrogen-bond donors (Lipinski definition) is 1. The number of ether oxygens (including phenoxy) is 1. The van der Waals surface area contributed by atoms with Crippen LogP contribution in [0.3, 0.4) is 0 Å². The van der Waals surface area contributed by atoms with Crippen LogP contribution in [0.5, 0.6) is 0 Å². The maximum Gasteiger partial charge on any atom is 0.333 e. The molecule has 0 bridgehead atoms. The Kier molecular flexibility index (Phi) is 3.51. The molecule has 18 heavy (non-hydrogen) atoms. The lowest BCUT2D eigenvalue weighted by molar-refractivity contribution is -0.138. The molecule has 0 unspecified atom stereocenters. The molecule has 0 saturated heterocycles. The third-order valence-electron chi connectivity index (χ3n) is 2.84. The van der Waals surface area contributed by atoms with Gasteiger partial charge in [-0.1, -0.05) is 12.1 Å². The van der Waals surface area contributed by atoms with Crippen molar-refractivity contribution in [1.29, 1.82) is 0 Å². The Morgan fingerprint density at radius 3 is 2.94 bits per heavy atom. The van der Waals surface area contributed by atoms with Gasteiger partial charge in [0.1, 0.15) is 0 Å². The van der Waals surface area contributed by atoms with Crippen molar-refractivity contribution in [3.8, 4) is 0 Å². The van der Waals surface area contributed by atoms with Crippen LogP contribution in [0.25, 0.3) is 17.0 Å². The van der Waals surface area contributed by atoms with E-state index in [2.05, 4.69) is 30.1 Å². The summed E-state index contributed by atoms with van der Waals surface area (Å²) in [6.45, 7) is 6.03. The first kappa shape index (κ1) is 12.4. The van der Waals surface area contributed by atoms with E-state index < -0.39 is 0 Å². The molecule has 1 heterocycles. The van der Waals surface area contributed by atoms with Gasteiger partial charge < -0.3 is 9.72 Å². The molecule has 0 fully saturated rings. The lowest BCUT2D eigenvalue weighted by Gasteiger charge is -2.01. The van der Waals surface area contributed by atoms with Gasteiger partial charge in [-0.05, 0) is 38.5 Å². The Balaban J connectivity index is 2.37. The number of hydrogen-bond acceptors (Lipinski definition) is 2. The summed E-state index contributed by atoms with van der Waals surface area (Å²) >= 11 is 0. The molecular weight excluding hydrogens is 226 g/mol. The number of nitrogens with one attached hydrogen (secondary N) is 1. The molecule has 2 rings (SSSR count). The van der Waals surface area contributed by atoms with Crippen LogP contribution in [0, 0.1) is 6.92 Å². The molecule has 3 nitrogen and oxygen atoms in total. The summed E-state index contributed by atoms with van der Waals surface area (Å²) in [4.78, 5) is 14.8. The van der Waals surface area contributed by atoms with Crippen LogP contribution in [0.1, 0.15) is 25.0 Å². The third kappa shape index (κ3) is 2.45. The average Bonchev–Trinajstić information content (AvgIpc) is 2.72. The summed E-state index contributed by atoms with van der Waals surface area (Å²) in [5, 5.41) is 1.12. The van der Waals surface area contributed by atoms with Crippen molar-refractivity contribution < 1.29 is 9.53 Å². The SMILES string of the molecule is CCOC(=O)/C(C)=C/c1c[nH]c2cc(C)ccc12. The molecule has 0 aliphatic heterocycles. The van der Waals surface area contributed by atoms with Gasteiger partial charge in [-0.3, -0.25) is 0 Å². The van der Waals surface area contributed by atoms with Crippen molar-refractivity contribution >= 4 is 22.9 Å². The van der Waals surface area contributed by atoms with Crippen LogP contribution < -0.4 is 0 Å². The Labute approximate surface area is 106 Å². The van der Waals surface area contributed by atoms with Gasteiger partial charge in [-0.15, -0.1) is 0 Å². The molecule has 2 aromatic rings. The fourth-order valence-corrected chi connectivity index (χ4v) is 1.92. The van der Waals surface area contributed by atoms with Crippen LogP contribution in [0.2, 0.25) is 0 Å². The standard InChI is InChI=1S/C15H17NO2/c1-4-18-15(17)11(3)8-12-9-16-14-7-10(2)5-6-13(12)14/h5-9,16H,4H2,1-3H3/b11-8+. The molecule has 0 saturated carbocycles. The average molecular weight is 243 g/mol. The highest BCUT2D eigenvalue weighted by atomic mass is 16.5. The second-order valence-electron chi connectivity index (χ2n) is 4.34. The molecular formula is C15H17NO2. The molecule has 0 aliphatic rings. The van der Waals surface area contributed by atoms with E-state index in [0.717, 1.165) is 16.5 Å². The van der Waals surface area contributed by atoms with Crippen LogP contribution in [0.15, 0.2) is 30.0 Å². The fraction of sp³-hybridized carbons (Fsp3) is 0.267. The zero-order valence-corrected chi connectivity index (χ0v) is 10.9. The van der Waals surface area contributed by atoms with E-state index >= 15 is 0 Å². The lowest BCUT2D eigenvalue weighted by Crippen LogP contribution is -2.04. The predicted octanol–water partition coefficient (Wildman–Crippen LogP) is 3.44. The number of carbonyl (C=O) groups excluding carboxylic acids is 1. The maximum absolute atomic E-state index is 11.6. The van der Waals surface area contributed by atoms with E-state index in [4.69, 9.17) is 4.74 Å². The summed E-state index contributed by atoms with van der Waals surface area (Å²) in [6.07, 6.45) is 3.76. The minimum absolute atomic E-state index is 0.265. The van der Waals surface area contributed by atoms with E-state index in [-0.39, 0.29) is 5.97 Å². The first-order chi connectivity index (χ1) is 8.61. The van der Waals surface area contributed by atoms with Gasteiger partial charge in [0.15, 0.2) is 0 Å². The predicted molar refractivity (Wildman–Crippen MR) is 73.3 cm³/mol. The van der Waals surface area contributed by atoms with Gasteiger partial charge in [0.25, 0.3) is 0 Å². The molecule has 0 aliphatic carbocycles. The van der Waals surface area contributed by atoms with Gasteiger partial charge >= 0.3 is 5.97 Å². The smallest absolute Gasteiger partial charge is 0.333 e. The van der Waals surface area contributed by atoms with Crippen LogP contribution in [-0.2, 0) is 9.53 Å². The summed E-state index contributed by atoms with van der Waals surface area (Å²) < 4.78 is 4.97. The number of rotatable bonds is 3. The third-order valence-corrected chi connectivity index (χ3v) is 2.84. The lowest BCUT2D eigenvalue weighted by atomic mass is 10.1. The van der Waals surface area contributed by atoms with Crippen molar-refractivity contribution in [2.75, 3.05) is 6.61 Å². The van der Waals surface area contributed by atoms with E-state index in [0.29, 0.717) is 12.2 Å². The summed E-state index contributed by atoms with van der Waals surface area (Å²) in [5.41, 5.74) is 3.91. The number of carbonyl (C=O) groups is 1. The van der Waals surface area contributed by atoms with Crippen LogP contribution in [-0.4, -0.2) is 17.6 Å². The van der Waals surface area contributed by atoms with Crippen LogP contribution >= 0.6 is 0 Å². The molecule has 0 atom stereocenters. The Hall–Kier alpha value is -2.03. The number of aromatic nitrogens is 1. The number of fused-ring (bicyclic) bond motifs is 1. The van der Waals surface area contributed by atoms with Gasteiger partial charge in [-0.25, -0.2) is 4.79 Å². The van der Waals surface area contributed by atoms with Gasteiger partial charge in [-0.2, -0.15) is 0 Å². The first-order valence-electron chi connectivity index (χ1n) is 6.05. The van der Waals surface area contributed by atoms with Gasteiger partial charge in [0, 0.05) is 28.2 Å². The molecule has 3 heteroatoms. The summed E-state index contributed by atoms with van der Waals surface area (Å²) in [5.74, 6) is -0.265. The summed E-state index contributed by atoms with van der Waals surface area (Å²) in [6, 6.07) is 6.21. The van der Waals surface area contributed by atoms with E-state index in [1.807, 2.05) is 12.3 Å². The molecule has 1 aromatic heterocycles. The van der Waals surface area contributed by atoms with Crippen molar-refractivity contribution in [3.05, 3.63) is 41.1 Å². The highest BCUT2D eigenvalue weighted by Gasteiger charge is 2.07. The molecule has 1 N–H and O–H groups in total. The Morgan fingerprint density at radius 2 is 2.22 bits per heavy atom. The minimum atomic E-state index is -0.265. The zero-order valence-electron chi connectivity index (χ0n) is 10.9. The number of aromatic amines is 1. The van der Waals surface area contributed by atoms with E-state index in [1.165, 1.54) is 5.56 Å². The van der Waals surface area contributed by atoms with Crippen LogP contribution in [0.4, 0.5) is 0 Å². The quantitative estimate of drug-likeness (QED) is 0.662. The van der Waals surface area contributed by atoms with E-state index in [1.54, 1.807) is 13.8 Å². The Morgan fingerprint density at radius 1 is 1.44 bits per heavy atom. The van der Waals surface area contributed by atoms with Crippen molar-refractivity contribution in [3.63, 3.8) is 0 Å². The second-order valence-corrected chi connectivity index (χ2v) is 4.34. The molecule has 0 radical (unpaired) electrons. The number of H-pyrrole nitrogens is 1. The molecule has 94 valence electrons. The molecule has 0 spiro atoms. The fourth-order valence-electron chi connectivity index (χ4n) is 1.92. The molecule has 1 aromatic carbocycles. The first-order valence-corrected chi connectivity index (χ1v) is 6.05. The highest BCUT2D eigenvalue weighted by Crippen LogP contribution is 2.21. The normalized spacial score (nSPS) is 11.8. The Bertz CT molecular complexity index is 608. The summed E-state index contributed by atoms with van der Waals surface area (Å²) in [7, 11) is 0. The van der Waals surface area contributed by atoms with Gasteiger partial charge in [0.2, 0.25) is 0 Å². The minimum Gasteiger partial charge on any atom is -0.463 e. The topological polar surface area (TPSA) is 42.1 Å². The van der Waals surface area contributed by atoms with Crippen molar-refractivity contribution in [2.45, 2.75) is 20.8 Å². The zero-order chi connectivity index (χ0) is 13.1. The van der Waals surface area contributed by atoms with Gasteiger partial charge in [0.05, 0.1) is 6.61 Å². The number of esters is 1. The maximum atomic E-state index is 11.6. The second kappa shape index (κ2) is 5.08. The van der Waals surface area contributed by atoms with E-state index in [9.17, 15) is 4.79 Å². The van der Waals surface area contributed by atoms with Crippen molar-refractivity contribution in [2.24, 2.45) is 0 Å². The number of aryl methyl sites for hydroxylation is 1. The van der Waals surface area contributed by atoms with Crippen molar-refractivity contribution in [1.82, 2.24) is 4.98 Å².